The van der Waals surface area contributed by atoms with Crippen molar-refractivity contribution < 1.29 is 14.3 Å². The number of fused-ring (bicyclic) bond motifs is 1. The molecule has 2 aromatic carbocycles. The number of likely N-dealkylation sites (tertiary alicyclic amines) is 1. The van der Waals surface area contributed by atoms with Gasteiger partial charge < -0.3 is 14.4 Å². The van der Waals surface area contributed by atoms with Crippen LogP contribution in [-0.4, -0.2) is 52.2 Å². The van der Waals surface area contributed by atoms with Crippen LogP contribution in [0, 0.1) is 12.3 Å². The second-order valence-corrected chi connectivity index (χ2v) is 9.22. The van der Waals surface area contributed by atoms with Gasteiger partial charge in [0.05, 0.1) is 12.7 Å². The summed E-state index contributed by atoms with van der Waals surface area (Å²) in [5.74, 6) is 0.732. The number of hydrazone groups is 1. The fourth-order valence-electron chi connectivity index (χ4n) is 4.04. The molecular weight excluding hydrogens is 450 g/mol. The normalized spacial score (nSPS) is 18.8. The Morgan fingerprint density at radius 1 is 1.12 bits per heavy atom. The van der Waals surface area contributed by atoms with Gasteiger partial charge in [0.1, 0.15) is 6.61 Å². The molecule has 3 aliphatic rings. The van der Waals surface area contributed by atoms with Gasteiger partial charge in [-0.2, -0.15) is 10.0 Å². The standard InChI is InChI=1S/C25H25N5O3S/c1-16-6-5-7-18(12-16)15-33-20-9-8-17(14-21(20)32-2)13-19-22(26)30-24(27-23(19)31)34-25(28-30)29-10-3-4-11-29/h5-9,12-14,26H,3-4,10-11,15H2,1-2H3/b19-13+,26-22?. The number of rotatable bonds is 5. The molecule has 0 saturated carbocycles. The summed E-state index contributed by atoms with van der Waals surface area (Å²) in [4.78, 5) is 19.1. The number of hydrogen-bond donors (Lipinski definition) is 1. The van der Waals surface area contributed by atoms with Crippen molar-refractivity contribution in [3.05, 3.63) is 64.7 Å². The highest BCUT2D eigenvalue weighted by atomic mass is 32.2. The average Bonchev–Trinajstić information content (AvgIpc) is 3.51. The number of hydrogen-bond acceptors (Lipinski definition) is 7. The Labute approximate surface area is 202 Å². The van der Waals surface area contributed by atoms with Crippen LogP contribution in [0.3, 0.4) is 0 Å². The molecule has 3 aliphatic heterocycles. The molecular formula is C25H25N5O3S. The van der Waals surface area contributed by atoms with E-state index in [-0.39, 0.29) is 11.4 Å². The first-order valence-electron chi connectivity index (χ1n) is 11.1. The zero-order chi connectivity index (χ0) is 23.7. The van der Waals surface area contributed by atoms with Crippen LogP contribution in [0.15, 0.2) is 58.1 Å². The number of ether oxygens (including phenoxy) is 2. The van der Waals surface area contributed by atoms with E-state index in [0.717, 1.165) is 36.7 Å². The van der Waals surface area contributed by atoms with E-state index in [0.29, 0.717) is 28.8 Å². The van der Waals surface area contributed by atoms with Crippen LogP contribution in [0.4, 0.5) is 0 Å². The predicted octanol–water partition coefficient (Wildman–Crippen LogP) is 4.26. The van der Waals surface area contributed by atoms with Crippen LogP contribution in [0.5, 0.6) is 11.5 Å². The minimum absolute atomic E-state index is 0.0236. The number of nitrogens with zero attached hydrogens (tertiary/aromatic N) is 4. The minimum atomic E-state index is -0.444. The van der Waals surface area contributed by atoms with Crippen molar-refractivity contribution >= 4 is 39.9 Å². The van der Waals surface area contributed by atoms with Crippen LogP contribution in [0.2, 0.25) is 0 Å². The number of aryl methyl sites for hydroxylation is 1. The van der Waals surface area contributed by atoms with Crippen molar-refractivity contribution in [2.75, 3.05) is 20.2 Å². The average molecular weight is 476 g/mol. The fraction of sp³-hybridized carbons (Fsp3) is 0.280. The number of amides is 1. The van der Waals surface area contributed by atoms with Gasteiger partial charge in [-0.1, -0.05) is 35.9 Å². The molecule has 0 atom stereocenters. The van der Waals surface area contributed by atoms with Gasteiger partial charge >= 0.3 is 0 Å². The van der Waals surface area contributed by atoms with Crippen LogP contribution in [-0.2, 0) is 11.4 Å². The van der Waals surface area contributed by atoms with Crippen LogP contribution in [0.25, 0.3) is 6.08 Å². The lowest BCUT2D eigenvalue weighted by Crippen LogP contribution is -2.35. The molecule has 0 unspecified atom stereocenters. The first-order valence-corrected chi connectivity index (χ1v) is 11.9. The number of benzene rings is 2. The lowest BCUT2D eigenvalue weighted by atomic mass is 10.1. The number of thioether (sulfide) groups is 1. The second kappa shape index (κ2) is 9.34. The molecule has 0 radical (unpaired) electrons. The smallest absolute Gasteiger partial charge is 0.283 e. The summed E-state index contributed by atoms with van der Waals surface area (Å²) in [6.45, 7) is 4.34. The van der Waals surface area contributed by atoms with E-state index in [4.69, 9.17) is 14.9 Å². The molecule has 2 aromatic rings. The maximum Gasteiger partial charge on any atom is 0.283 e. The zero-order valence-corrected chi connectivity index (χ0v) is 19.9. The third-order valence-electron chi connectivity index (χ3n) is 5.80. The van der Waals surface area contributed by atoms with E-state index < -0.39 is 5.91 Å². The molecule has 34 heavy (non-hydrogen) atoms. The minimum Gasteiger partial charge on any atom is -0.493 e. The third-order valence-corrected chi connectivity index (χ3v) is 6.77. The van der Waals surface area contributed by atoms with Crippen molar-refractivity contribution in [3.8, 4) is 11.5 Å². The van der Waals surface area contributed by atoms with Gasteiger partial charge in [-0.3, -0.25) is 10.2 Å². The summed E-state index contributed by atoms with van der Waals surface area (Å²) in [6, 6.07) is 13.6. The number of nitrogens with one attached hydrogen (secondary N) is 1. The van der Waals surface area contributed by atoms with E-state index in [1.807, 2.05) is 37.3 Å². The third kappa shape index (κ3) is 4.43. The van der Waals surface area contributed by atoms with Crippen LogP contribution < -0.4 is 9.47 Å². The number of methoxy groups -OCH3 is 1. The molecule has 8 nitrogen and oxygen atoms in total. The van der Waals surface area contributed by atoms with Gasteiger partial charge in [0, 0.05) is 13.1 Å². The quantitative estimate of drug-likeness (QED) is 0.650. The number of aliphatic imine (C=N–C) groups is 1. The second-order valence-electron chi connectivity index (χ2n) is 8.28. The van der Waals surface area contributed by atoms with Crippen LogP contribution >= 0.6 is 11.8 Å². The Morgan fingerprint density at radius 3 is 2.71 bits per heavy atom. The van der Waals surface area contributed by atoms with E-state index in [2.05, 4.69) is 21.1 Å². The Morgan fingerprint density at radius 2 is 1.94 bits per heavy atom. The number of carbonyl (C=O) groups excluding carboxylic acids is 1. The molecule has 1 amide bonds. The van der Waals surface area contributed by atoms with Crippen molar-refractivity contribution in [1.82, 2.24) is 9.91 Å². The Balaban J connectivity index is 1.35. The molecule has 3 heterocycles. The lowest BCUT2D eigenvalue weighted by molar-refractivity contribution is -0.114. The molecule has 0 aliphatic carbocycles. The maximum atomic E-state index is 12.7. The van der Waals surface area contributed by atoms with Crippen LogP contribution in [0.1, 0.15) is 29.5 Å². The molecule has 0 aromatic heterocycles. The van der Waals surface area contributed by atoms with Crippen molar-refractivity contribution in [2.24, 2.45) is 10.1 Å². The molecule has 9 heteroatoms. The van der Waals surface area contributed by atoms with Crippen molar-refractivity contribution in [2.45, 2.75) is 26.4 Å². The largest absolute Gasteiger partial charge is 0.493 e. The summed E-state index contributed by atoms with van der Waals surface area (Å²) in [5.41, 5.74) is 3.14. The van der Waals surface area contributed by atoms with Crippen molar-refractivity contribution in [3.63, 3.8) is 0 Å². The van der Waals surface area contributed by atoms with E-state index in [1.165, 1.54) is 22.3 Å². The van der Waals surface area contributed by atoms with E-state index in [1.54, 1.807) is 19.3 Å². The number of carbonyl (C=O) groups is 1. The predicted molar refractivity (Wildman–Crippen MR) is 134 cm³/mol. The highest BCUT2D eigenvalue weighted by Crippen LogP contribution is 2.33. The van der Waals surface area contributed by atoms with E-state index in [9.17, 15) is 4.79 Å². The maximum absolute atomic E-state index is 12.7. The van der Waals surface area contributed by atoms with Crippen molar-refractivity contribution in [1.29, 1.82) is 5.41 Å². The summed E-state index contributed by atoms with van der Waals surface area (Å²) >= 11 is 1.35. The van der Waals surface area contributed by atoms with Gasteiger partial charge in [0.25, 0.3) is 5.91 Å². The SMILES string of the molecule is COc1cc(/C=C2\C(=N)N3N=C(N4CCCC4)SC3=NC2=O)ccc1OCc1cccc(C)c1. The fourth-order valence-corrected chi connectivity index (χ4v) is 4.99. The topological polar surface area (TPSA) is 90.6 Å². The summed E-state index contributed by atoms with van der Waals surface area (Å²) < 4.78 is 11.5. The Hall–Kier alpha value is -3.59. The molecule has 1 N–H and O–H groups in total. The molecule has 1 fully saturated rings. The summed E-state index contributed by atoms with van der Waals surface area (Å²) in [7, 11) is 1.58. The zero-order valence-electron chi connectivity index (χ0n) is 19.1. The summed E-state index contributed by atoms with van der Waals surface area (Å²) in [6.07, 6.45) is 3.89. The van der Waals surface area contributed by atoms with Gasteiger partial charge in [-0.25, -0.2) is 0 Å². The first kappa shape index (κ1) is 22.2. The van der Waals surface area contributed by atoms with Gasteiger partial charge in [0.2, 0.25) is 5.17 Å². The number of amidine groups is 3. The molecule has 174 valence electrons. The Kier molecular flexibility index (Phi) is 6.10. The van der Waals surface area contributed by atoms with Gasteiger partial charge in [0.15, 0.2) is 22.5 Å². The molecule has 0 spiro atoms. The molecule has 0 bridgehead atoms. The summed E-state index contributed by atoms with van der Waals surface area (Å²) in [5, 5.41) is 15.8. The first-order chi connectivity index (χ1) is 16.5. The van der Waals surface area contributed by atoms with E-state index >= 15 is 0 Å². The highest BCUT2D eigenvalue weighted by molar-refractivity contribution is 8.26. The molecule has 5 rings (SSSR count). The van der Waals surface area contributed by atoms with Gasteiger partial charge in [-0.05, 0) is 60.9 Å². The molecule has 1 saturated heterocycles. The highest BCUT2D eigenvalue weighted by Gasteiger charge is 2.37. The van der Waals surface area contributed by atoms with Gasteiger partial charge in [-0.15, -0.1) is 5.10 Å². The lowest BCUT2D eigenvalue weighted by Gasteiger charge is -2.20. The Bertz CT molecular complexity index is 1250. The monoisotopic (exact) mass is 475 g/mol.